The number of carbonyl (C=O) groups is 1. The summed E-state index contributed by atoms with van der Waals surface area (Å²) in [6.07, 6.45) is -5.84. The van der Waals surface area contributed by atoms with E-state index >= 15 is 0 Å². The Morgan fingerprint density at radius 3 is 2.42 bits per heavy atom. The lowest BCUT2D eigenvalue weighted by molar-refractivity contribution is -0.138. The zero-order valence-corrected chi connectivity index (χ0v) is 12.6. The van der Waals surface area contributed by atoms with Crippen molar-refractivity contribution >= 4 is 11.8 Å². The Morgan fingerprint density at radius 2 is 1.79 bits per heavy atom. The standard InChI is InChI=1S/C17H15F4NO2/c18-9-8-13-6-7-14(10-15(13)17(19,20)21)22-16(23)24-11-12-4-2-1-3-5-12/h1-7,10H,8-9,11H2,(H,22,23). The van der Waals surface area contributed by atoms with Gasteiger partial charge >= 0.3 is 12.3 Å². The number of rotatable bonds is 5. The normalized spacial score (nSPS) is 11.2. The van der Waals surface area contributed by atoms with Gasteiger partial charge < -0.3 is 4.74 Å². The molecular formula is C17H15F4NO2. The van der Waals surface area contributed by atoms with Gasteiger partial charge in [-0.2, -0.15) is 13.2 Å². The predicted molar refractivity (Wildman–Crippen MR) is 81.4 cm³/mol. The third-order valence-corrected chi connectivity index (χ3v) is 3.24. The molecule has 3 nitrogen and oxygen atoms in total. The molecule has 0 unspecified atom stereocenters. The van der Waals surface area contributed by atoms with Crippen molar-refractivity contribution in [2.75, 3.05) is 12.0 Å². The van der Waals surface area contributed by atoms with Crippen LogP contribution in [0, 0.1) is 0 Å². The number of anilines is 1. The lowest BCUT2D eigenvalue weighted by Crippen LogP contribution is -2.15. The molecule has 1 N–H and O–H groups in total. The maximum absolute atomic E-state index is 13.0. The van der Waals surface area contributed by atoms with E-state index in [0.29, 0.717) is 0 Å². The highest BCUT2D eigenvalue weighted by molar-refractivity contribution is 5.84. The first-order valence-electron chi connectivity index (χ1n) is 7.14. The number of ether oxygens (including phenoxy) is 1. The lowest BCUT2D eigenvalue weighted by atomic mass is 10.0. The van der Waals surface area contributed by atoms with Crippen LogP contribution in [0.5, 0.6) is 0 Å². The summed E-state index contributed by atoms with van der Waals surface area (Å²) in [5, 5.41) is 2.24. The monoisotopic (exact) mass is 341 g/mol. The van der Waals surface area contributed by atoms with E-state index in [-0.39, 0.29) is 24.3 Å². The quantitative estimate of drug-likeness (QED) is 0.780. The van der Waals surface area contributed by atoms with Crippen molar-refractivity contribution in [1.29, 1.82) is 0 Å². The van der Waals surface area contributed by atoms with Gasteiger partial charge in [0.15, 0.2) is 0 Å². The Hall–Kier alpha value is -2.57. The van der Waals surface area contributed by atoms with Crippen LogP contribution in [-0.4, -0.2) is 12.8 Å². The Kier molecular flexibility index (Phi) is 5.78. The maximum Gasteiger partial charge on any atom is 0.416 e. The van der Waals surface area contributed by atoms with Gasteiger partial charge in [0.2, 0.25) is 0 Å². The Balaban J connectivity index is 2.05. The summed E-state index contributed by atoms with van der Waals surface area (Å²) in [4.78, 5) is 11.7. The van der Waals surface area contributed by atoms with Crippen molar-refractivity contribution in [3.05, 3.63) is 65.2 Å². The molecule has 0 heterocycles. The number of amides is 1. The molecule has 0 aliphatic carbocycles. The first kappa shape index (κ1) is 17.8. The van der Waals surface area contributed by atoms with E-state index in [2.05, 4.69) is 5.32 Å². The summed E-state index contributed by atoms with van der Waals surface area (Å²) in [7, 11) is 0. The minimum absolute atomic E-state index is 0.00125. The predicted octanol–water partition coefficient (Wildman–Crippen LogP) is 4.97. The summed E-state index contributed by atoms with van der Waals surface area (Å²) in [5.41, 5.74) is -0.445. The van der Waals surface area contributed by atoms with Crippen molar-refractivity contribution in [2.24, 2.45) is 0 Å². The Morgan fingerprint density at radius 1 is 1.08 bits per heavy atom. The average molecular weight is 341 g/mol. The van der Waals surface area contributed by atoms with Crippen molar-refractivity contribution in [3.8, 4) is 0 Å². The molecule has 0 radical (unpaired) electrons. The molecular weight excluding hydrogens is 326 g/mol. The number of alkyl halides is 4. The molecule has 2 aromatic carbocycles. The summed E-state index contributed by atoms with van der Waals surface area (Å²) in [6.45, 7) is -0.895. The van der Waals surface area contributed by atoms with Gasteiger partial charge in [-0.05, 0) is 23.3 Å². The van der Waals surface area contributed by atoms with Crippen LogP contribution in [0.15, 0.2) is 48.5 Å². The van der Waals surface area contributed by atoms with Crippen LogP contribution in [-0.2, 0) is 23.9 Å². The van der Waals surface area contributed by atoms with Crippen molar-refractivity contribution < 1.29 is 27.1 Å². The van der Waals surface area contributed by atoms with Crippen LogP contribution in [0.4, 0.5) is 28.0 Å². The van der Waals surface area contributed by atoms with E-state index in [0.717, 1.165) is 17.7 Å². The molecule has 0 fully saturated rings. The molecule has 2 aromatic rings. The van der Waals surface area contributed by atoms with Crippen LogP contribution >= 0.6 is 0 Å². The van der Waals surface area contributed by atoms with E-state index in [1.807, 2.05) is 0 Å². The number of halogens is 4. The number of benzene rings is 2. The van der Waals surface area contributed by atoms with Gasteiger partial charge in [-0.15, -0.1) is 0 Å². The Bertz CT molecular complexity index is 687. The number of nitrogens with one attached hydrogen (secondary N) is 1. The topological polar surface area (TPSA) is 38.3 Å². The number of carbonyl (C=O) groups excluding carboxylic acids is 1. The molecule has 24 heavy (non-hydrogen) atoms. The van der Waals surface area contributed by atoms with E-state index in [1.54, 1.807) is 30.3 Å². The molecule has 7 heteroatoms. The zero-order chi connectivity index (χ0) is 17.6. The number of hydrogen-bond donors (Lipinski definition) is 1. The van der Waals surface area contributed by atoms with E-state index in [9.17, 15) is 22.4 Å². The molecule has 0 aliphatic heterocycles. The summed E-state index contributed by atoms with van der Waals surface area (Å²) >= 11 is 0. The van der Waals surface area contributed by atoms with Gasteiger partial charge in [0.1, 0.15) is 6.61 Å². The second-order valence-electron chi connectivity index (χ2n) is 5.00. The minimum Gasteiger partial charge on any atom is -0.444 e. The molecule has 1 amide bonds. The smallest absolute Gasteiger partial charge is 0.416 e. The first-order chi connectivity index (χ1) is 11.4. The third kappa shape index (κ3) is 4.97. The average Bonchev–Trinajstić information content (AvgIpc) is 2.54. The Labute approximate surface area is 136 Å². The lowest BCUT2D eigenvalue weighted by Gasteiger charge is -2.14. The molecule has 0 aliphatic rings. The van der Waals surface area contributed by atoms with Gasteiger partial charge in [0.25, 0.3) is 0 Å². The SMILES string of the molecule is O=C(Nc1ccc(CCF)c(C(F)(F)F)c1)OCc1ccccc1. The van der Waals surface area contributed by atoms with E-state index < -0.39 is 24.5 Å². The van der Waals surface area contributed by atoms with Crippen molar-refractivity contribution in [1.82, 2.24) is 0 Å². The van der Waals surface area contributed by atoms with Gasteiger partial charge in [-0.25, -0.2) is 4.79 Å². The highest BCUT2D eigenvalue weighted by Crippen LogP contribution is 2.34. The first-order valence-corrected chi connectivity index (χ1v) is 7.14. The second kappa shape index (κ2) is 7.81. The fraction of sp³-hybridized carbons (Fsp3) is 0.235. The van der Waals surface area contributed by atoms with Gasteiger partial charge in [-0.3, -0.25) is 9.71 Å². The fourth-order valence-corrected chi connectivity index (χ4v) is 2.11. The summed E-state index contributed by atoms with van der Waals surface area (Å²) in [5.74, 6) is 0. The summed E-state index contributed by atoms with van der Waals surface area (Å²) < 4.78 is 56.3. The van der Waals surface area contributed by atoms with Gasteiger partial charge in [0, 0.05) is 12.1 Å². The molecule has 0 bridgehead atoms. The molecule has 0 saturated heterocycles. The highest BCUT2D eigenvalue weighted by atomic mass is 19.4. The zero-order valence-electron chi connectivity index (χ0n) is 12.6. The van der Waals surface area contributed by atoms with Crippen LogP contribution in [0.1, 0.15) is 16.7 Å². The molecule has 128 valence electrons. The molecule has 0 saturated carbocycles. The van der Waals surface area contributed by atoms with Crippen LogP contribution < -0.4 is 5.32 Å². The molecule has 0 spiro atoms. The van der Waals surface area contributed by atoms with Crippen molar-refractivity contribution in [2.45, 2.75) is 19.2 Å². The fourth-order valence-electron chi connectivity index (χ4n) is 2.11. The van der Waals surface area contributed by atoms with Crippen LogP contribution in [0.25, 0.3) is 0 Å². The van der Waals surface area contributed by atoms with Gasteiger partial charge in [0.05, 0.1) is 12.2 Å². The second-order valence-corrected chi connectivity index (χ2v) is 5.00. The highest BCUT2D eigenvalue weighted by Gasteiger charge is 2.33. The van der Waals surface area contributed by atoms with Gasteiger partial charge in [-0.1, -0.05) is 36.4 Å². The largest absolute Gasteiger partial charge is 0.444 e. The molecule has 2 rings (SSSR count). The van der Waals surface area contributed by atoms with Crippen LogP contribution in [0.3, 0.4) is 0 Å². The number of hydrogen-bond acceptors (Lipinski definition) is 2. The van der Waals surface area contributed by atoms with Crippen LogP contribution in [0.2, 0.25) is 0 Å². The minimum atomic E-state index is -4.63. The molecule has 0 aromatic heterocycles. The maximum atomic E-state index is 13.0. The molecule has 0 atom stereocenters. The number of aryl methyl sites for hydroxylation is 1. The van der Waals surface area contributed by atoms with Crippen molar-refractivity contribution in [3.63, 3.8) is 0 Å². The van der Waals surface area contributed by atoms with E-state index in [1.165, 1.54) is 6.07 Å². The third-order valence-electron chi connectivity index (χ3n) is 3.24. The summed E-state index contributed by atoms with van der Waals surface area (Å²) in [6, 6.07) is 12.1. The van der Waals surface area contributed by atoms with E-state index in [4.69, 9.17) is 4.74 Å².